The van der Waals surface area contributed by atoms with E-state index in [1.807, 2.05) is 0 Å². The molecule has 2 heterocycles. The number of piperidine rings is 1. The van der Waals surface area contributed by atoms with Gasteiger partial charge in [0.2, 0.25) is 0 Å². The van der Waals surface area contributed by atoms with E-state index in [9.17, 15) is 0 Å². The van der Waals surface area contributed by atoms with Gasteiger partial charge in [-0.3, -0.25) is 4.90 Å². The van der Waals surface area contributed by atoms with E-state index in [1.54, 1.807) is 0 Å². The lowest BCUT2D eigenvalue weighted by Gasteiger charge is -2.34. The molecule has 2 aromatic rings. The Hall–Kier alpha value is -1.32. The normalized spacial score (nSPS) is 24.4. The van der Waals surface area contributed by atoms with E-state index in [1.165, 1.54) is 23.0 Å². The first-order chi connectivity index (χ1) is 9.67. The highest BCUT2D eigenvalue weighted by Crippen LogP contribution is 2.24. The quantitative estimate of drug-likeness (QED) is 0.931. The highest BCUT2D eigenvalue weighted by Gasteiger charge is 2.23. The Kier molecular flexibility index (Phi) is 3.81. The lowest BCUT2D eigenvalue weighted by molar-refractivity contribution is 0.159. The second-order valence-electron chi connectivity index (χ2n) is 6.25. The van der Waals surface area contributed by atoms with Crippen molar-refractivity contribution in [1.29, 1.82) is 0 Å². The second-order valence-corrected chi connectivity index (χ2v) is 6.25. The molecular weight excluding hydrogens is 246 g/mol. The highest BCUT2D eigenvalue weighted by molar-refractivity contribution is 5.83. The third-order valence-electron chi connectivity index (χ3n) is 4.37. The van der Waals surface area contributed by atoms with Crippen LogP contribution < -0.4 is 5.73 Å². The minimum atomic E-state index is 0.332. The van der Waals surface area contributed by atoms with Gasteiger partial charge in [-0.05, 0) is 30.9 Å². The fourth-order valence-electron chi connectivity index (χ4n) is 3.59. The minimum absolute atomic E-state index is 0.332. The molecule has 2 atom stereocenters. The van der Waals surface area contributed by atoms with Crippen molar-refractivity contribution in [3.8, 4) is 0 Å². The first-order valence-electron chi connectivity index (χ1n) is 7.72. The molecular formula is C17H25N3. The van der Waals surface area contributed by atoms with Gasteiger partial charge in [0.25, 0.3) is 0 Å². The summed E-state index contributed by atoms with van der Waals surface area (Å²) in [6, 6.07) is 9.04. The number of rotatable bonds is 3. The Morgan fingerprint density at radius 3 is 2.80 bits per heavy atom. The summed E-state index contributed by atoms with van der Waals surface area (Å²) in [5.74, 6) is 0.707. The van der Waals surface area contributed by atoms with Gasteiger partial charge in [-0.25, -0.2) is 0 Å². The molecule has 20 heavy (non-hydrogen) atoms. The maximum Gasteiger partial charge on any atom is 0.0483 e. The molecule has 3 heteroatoms. The van der Waals surface area contributed by atoms with Gasteiger partial charge >= 0.3 is 0 Å². The van der Waals surface area contributed by atoms with Gasteiger partial charge in [-0.15, -0.1) is 0 Å². The smallest absolute Gasteiger partial charge is 0.0483 e. The molecule has 0 aliphatic carbocycles. The molecule has 1 saturated heterocycles. The van der Waals surface area contributed by atoms with Crippen LogP contribution in [0, 0.1) is 5.92 Å². The van der Waals surface area contributed by atoms with E-state index in [0.717, 1.165) is 26.1 Å². The molecule has 1 aliphatic rings. The summed E-state index contributed by atoms with van der Waals surface area (Å²) in [5, 5.41) is 1.39. The van der Waals surface area contributed by atoms with Crippen LogP contribution in [0.1, 0.15) is 25.8 Å². The third-order valence-corrected chi connectivity index (χ3v) is 4.37. The van der Waals surface area contributed by atoms with Gasteiger partial charge in [0.15, 0.2) is 0 Å². The predicted molar refractivity (Wildman–Crippen MR) is 84.6 cm³/mol. The van der Waals surface area contributed by atoms with Crippen LogP contribution in [0.2, 0.25) is 0 Å². The topological polar surface area (TPSA) is 34.2 Å². The van der Waals surface area contributed by atoms with Crippen molar-refractivity contribution in [3.63, 3.8) is 0 Å². The molecule has 2 unspecified atom stereocenters. The molecule has 1 aromatic heterocycles. The van der Waals surface area contributed by atoms with Crippen molar-refractivity contribution in [1.82, 2.24) is 9.47 Å². The minimum Gasteiger partial charge on any atom is -0.347 e. The van der Waals surface area contributed by atoms with Crippen molar-refractivity contribution in [2.45, 2.75) is 39.4 Å². The molecule has 0 radical (unpaired) electrons. The summed E-state index contributed by atoms with van der Waals surface area (Å²) in [7, 11) is 0. The van der Waals surface area contributed by atoms with Gasteiger partial charge in [-0.2, -0.15) is 0 Å². The maximum atomic E-state index is 6.17. The third kappa shape index (κ3) is 2.60. The van der Waals surface area contributed by atoms with Crippen molar-refractivity contribution in [2.75, 3.05) is 13.1 Å². The lowest BCUT2D eigenvalue weighted by atomic mass is 9.96. The van der Waals surface area contributed by atoms with Crippen LogP contribution in [0.25, 0.3) is 10.9 Å². The first kappa shape index (κ1) is 13.7. The predicted octanol–water partition coefficient (Wildman–Crippen LogP) is 2.83. The molecule has 3 nitrogen and oxygen atoms in total. The zero-order valence-corrected chi connectivity index (χ0v) is 12.5. The van der Waals surface area contributed by atoms with Crippen molar-refractivity contribution < 1.29 is 0 Å². The summed E-state index contributed by atoms with van der Waals surface area (Å²) < 4.78 is 2.35. The lowest BCUT2D eigenvalue weighted by Crippen LogP contribution is -2.45. The number of fused-ring (bicyclic) bond motifs is 1. The molecule has 0 amide bonds. The molecule has 0 bridgehead atoms. The highest BCUT2D eigenvalue weighted by atomic mass is 15.1. The molecule has 2 N–H and O–H groups in total. The Morgan fingerprint density at radius 2 is 2.05 bits per heavy atom. The van der Waals surface area contributed by atoms with E-state index in [4.69, 9.17) is 5.73 Å². The molecule has 3 rings (SSSR count). The Labute approximate surface area is 121 Å². The number of likely N-dealkylation sites (tertiary alicyclic amines) is 1. The first-order valence-corrected chi connectivity index (χ1v) is 7.72. The molecule has 1 aliphatic heterocycles. The van der Waals surface area contributed by atoms with E-state index >= 15 is 0 Å². The van der Waals surface area contributed by atoms with Gasteiger partial charge in [-0.1, -0.05) is 25.1 Å². The number of aryl methyl sites for hydroxylation is 1. The fourth-order valence-corrected chi connectivity index (χ4v) is 3.59. The van der Waals surface area contributed by atoms with Crippen LogP contribution in [-0.2, 0) is 13.1 Å². The number of nitrogens with zero attached hydrogens (tertiary/aromatic N) is 2. The van der Waals surface area contributed by atoms with Crippen LogP contribution >= 0.6 is 0 Å². The average Bonchev–Trinajstić information content (AvgIpc) is 2.76. The molecule has 0 saturated carbocycles. The molecule has 108 valence electrons. The summed E-state index contributed by atoms with van der Waals surface area (Å²) in [5.41, 5.74) is 8.95. The Morgan fingerprint density at radius 1 is 1.25 bits per heavy atom. The van der Waals surface area contributed by atoms with Crippen LogP contribution in [0.4, 0.5) is 0 Å². The number of benzene rings is 1. The Bertz CT molecular complexity index is 577. The summed E-state index contributed by atoms with van der Waals surface area (Å²) >= 11 is 0. The Balaban J connectivity index is 1.87. The van der Waals surface area contributed by atoms with Crippen LogP contribution in [-0.4, -0.2) is 28.6 Å². The van der Waals surface area contributed by atoms with E-state index in [-0.39, 0.29) is 0 Å². The van der Waals surface area contributed by atoms with Crippen LogP contribution in [0.5, 0.6) is 0 Å². The second kappa shape index (κ2) is 5.58. The summed E-state index contributed by atoms with van der Waals surface area (Å²) in [6.07, 6.45) is 3.47. The number of hydrogen-bond donors (Lipinski definition) is 1. The largest absolute Gasteiger partial charge is 0.347 e. The van der Waals surface area contributed by atoms with Gasteiger partial charge in [0, 0.05) is 49.3 Å². The number of hydrogen-bond acceptors (Lipinski definition) is 2. The number of nitrogens with two attached hydrogens (primary N) is 1. The van der Waals surface area contributed by atoms with E-state index < -0.39 is 0 Å². The fraction of sp³-hybridized carbons (Fsp3) is 0.529. The number of aromatic nitrogens is 1. The van der Waals surface area contributed by atoms with Crippen molar-refractivity contribution in [2.24, 2.45) is 11.7 Å². The zero-order chi connectivity index (χ0) is 14.1. The monoisotopic (exact) mass is 271 g/mol. The summed E-state index contributed by atoms with van der Waals surface area (Å²) in [4.78, 5) is 2.51. The molecule has 1 fully saturated rings. The standard InChI is InChI=1S/C17H25N3/c1-3-20-11-14(16-6-4-5-7-17(16)20)10-19-9-13(2)8-15(18)12-19/h4-7,11,13,15H,3,8-10,12,18H2,1-2H3. The molecule has 0 spiro atoms. The van der Waals surface area contributed by atoms with E-state index in [0.29, 0.717) is 12.0 Å². The van der Waals surface area contributed by atoms with Crippen LogP contribution in [0.15, 0.2) is 30.5 Å². The maximum absolute atomic E-state index is 6.17. The van der Waals surface area contributed by atoms with Gasteiger partial charge in [0.05, 0.1) is 0 Å². The van der Waals surface area contributed by atoms with Crippen LogP contribution in [0.3, 0.4) is 0 Å². The van der Waals surface area contributed by atoms with Gasteiger partial charge < -0.3 is 10.3 Å². The summed E-state index contributed by atoms with van der Waals surface area (Å²) in [6.45, 7) is 8.74. The molecule has 1 aromatic carbocycles. The van der Waals surface area contributed by atoms with E-state index in [2.05, 4.69) is 53.8 Å². The van der Waals surface area contributed by atoms with Gasteiger partial charge in [0.1, 0.15) is 0 Å². The van der Waals surface area contributed by atoms with Crippen molar-refractivity contribution in [3.05, 3.63) is 36.0 Å². The SMILES string of the molecule is CCn1cc(CN2CC(C)CC(N)C2)c2ccccc21. The number of para-hydroxylation sites is 1. The average molecular weight is 271 g/mol. The zero-order valence-electron chi connectivity index (χ0n) is 12.5. The van der Waals surface area contributed by atoms with Crippen molar-refractivity contribution >= 4 is 10.9 Å².